The summed E-state index contributed by atoms with van der Waals surface area (Å²) in [5.41, 5.74) is 0. The van der Waals surface area contributed by atoms with Crippen molar-refractivity contribution >= 4 is 15.9 Å². The summed E-state index contributed by atoms with van der Waals surface area (Å²) < 4.78 is 0. The number of alkyl halides is 1. The fraction of sp³-hybridized carbons (Fsp3) is 1.00. The number of nitrogens with zero attached hydrogens (tertiary/aromatic N) is 1. The molecule has 66 valence electrons. The highest BCUT2D eigenvalue weighted by Crippen LogP contribution is 2.18. The molecule has 0 aromatic rings. The number of likely N-dealkylation sites (N-methyl/N-ethyl adjacent to an activating group) is 1. The molecule has 0 bridgehead atoms. The van der Waals surface area contributed by atoms with Crippen molar-refractivity contribution in [2.24, 2.45) is 0 Å². The lowest BCUT2D eigenvalue weighted by Crippen LogP contribution is -2.45. The van der Waals surface area contributed by atoms with E-state index in [0.29, 0.717) is 11.4 Å². The molecule has 0 aromatic heterocycles. The lowest BCUT2D eigenvalue weighted by molar-refractivity contribution is 0.0565. The first-order valence-electron chi connectivity index (χ1n) is 4.20. The van der Waals surface area contributed by atoms with Crippen molar-refractivity contribution in [3.05, 3.63) is 0 Å². The summed E-state index contributed by atoms with van der Waals surface area (Å²) in [6.45, 7) is 1.13. The lowest BCUT2D eigenvalue weighted by Gasteiger charge is -2.34. The van der Waals surface area contributed by atoms with Crippen molar-refractivity contribution in [3.63, 3.8) is 0 Å². The molecule has 2 unspecified atom stereocenters. The molecule has 0 spiro atoms. The summed E-state index contributed by atoms with van der Waals surface area (Å²) >= 11 is 3.30. The van der Waals surface area contributed by atoms with E-state index in [1.165, 1.54) is 12.8 Å². The number of hydrogen-bond donors (Lipinski definition) is 1. The molecule has 2 atom stereocenters. The predicted octanol–water partition coefficient (Wildman–Crippen LogP) is 1.23. The van der Waals surface area contributed by atoms with Crippen LogP contribution in [-0.4, -0.2) is 41.1 Å². The van der Waals surface area contributed by atoms with Crippen LogP contribution in [0.4, 0.5) is 0 Å². The Morgan fingerprint density at radius 1 is 1.64 bits per heavy atom. The number of piperidine rings is 1. The van der Waals surface area contributed by atoms with Gasteiger partial charge in [0.25, 0.3) is 0 Å². The molecule has 0 aliphatic carbocycles. The van der Waals surface area contributed by atoms with Gasteiger partial charge in [-0.25, -0.2) is 0 Å². The molecular weight excluding hydrogens is 206 g/mol. The van der Waals surface area contributed by atoms with Crippen LogP contribution < -0.4 is 0 Å². The maximum Gasteiger partial charge on any atom is 0.0791 e. The Morgan fingerprint density at radius 3 is 2.91 bits per heavy atom. The fourth-order valence-corrected chi connectivity index (χ4v) is 2.12. The number of aliphatic hydroxyl groups excluding tert-OH is 1. The minimum absolute atomic E-state index is 0.194. The summed E-state index contributed by atoms with van der Waals surface area (Å²) in [5.74, 6) is 0. The smallest absolute Gasteiger partial charge is 0.0791 e. The standard InChI is InChI=1S/C8H16BrNO/c1-10-5-3-2-4-7(10)8(11)6-9/h7-8,11H,2-6H2,1H3. The molecule has 3 heteroatoms. The minimum atomic E-state index is -0.194. The third kappa shape index (κ3) is 2.42. The molecule has 1 rings (SSSR count). The summed E-state index contributed by atoms with van der Waals surface area (Å²) in [6.07, 6.45) is 3.49. The number of halogens is 1. The average molecular weight is 222 g/mol. The normalized spacial score (nSPS) is 30.3. The van der Waals surface area contributed by atoms with Gasteiger partial charge in [-0.1, -0.05) is 22.4 Å². The molecule has 0 amide bonds. The number of aliphatic hydroxyl groups is 1. The van der Waals surface area contributed by atoms with Crippen LogP contribution in [0.15, 0.2) is 0 Å². The second kappa shape index (κ2) is 4.43. The Balaban J connectivity index is 2.40. The van der Waals surface area contributed by atoms with E-state index in [2.05, 4.69) is 27.9 Å². The highest BCUT2D eigenvalue weighted by atomic mass is 79.9. The zero-order valence-corrected chi connectivity index (χ0v) is 8.55. The molecule has 0 radical (unpaired) electrons. The van der Waals surface area contributed by atoms with Crippen LogP contribution in [0.25, 0.3) is 0 Å². The van der Waals surface area contributed by atoms with E-state index in [-0.39, 0.29) is 6.10 Å². The Morgan fingerprint density at radius 2 is 2.36 bits per heavy atom. The van der Waals surface area contributed by atoms with Crippen LogP contribution in [0.2, 0.25) is 0 Å². The zero-order valence-electron chi connectivity index (χ0n) is 6.96. The molecule has 0 saturated carbocycles. The molecular formula is C8H16BrNO. The van der Waals surface area contributed by atoms with E-state index < -0.39 is 0 Å². The summed E-state index contributed by atoms with van der Waals surface area (Å²) in [4.78, 5) is 2.26. The quantitative estimate of drug-likeness (QED) is 0.710. The van der Waals surface area contributed by atoms with Crippen molar-refractivity contribution in [2.45, 2.75) is 31.4 Å². The van der Waals surface area contributed by atoms with Gasteiger partial charge in [0.15, 0.2) is 0 Å². The third-order valence-corrected chi connectivity index (χ3v) is 3.09. The lowest BCUT2D eigenvalue weighted by atomic mass is 9.99. The number of hydrogen-bond acceptors (Lipinski definition) is 2. The predicted molar refractivity (Wildman–Crippen MR) is 50.1 cm³/mol. The topological polar surface area (TPSA) is 23.5 Å². The summed E-state index contributed by atoms with van der Waals surface area (Å²) in [7, 11) is 2.09. The van der Waals surface area contributed by atoms with Crippen LogP contribution in [0.1, 0.15) is 19.3 Å². The third-order valence-electron chi connectivity index (χ3n) is 2.43. The van der Waals surface area contributed by atoms with Gasteiger partial charge in [0.1, 0.15) is 0 Å². The van der Waals surface area contributed by atoms with Crippen molar-refractivity contribution in [1.29, 1.82) is 0 Å². The largest absolute Gasteiger partial charge is 0.391 e. The van der Waals surface area contributed by atoms with Crippen molar-refractivity contribution in [1.82, 2.24) is 4.90 Å². The fourth-order valence-electron chi connectivity index (χ4n) is 1.69. The first kappa shape index (κ1) is 9.49. The van der Waals surface area contributed by atoms with Crippen LogP contribution in [0, 0.1) is 0 Å². The molecule has 0 aromatic carbocycles. The van der Waals surface area contributed by atoms with E-state index in [1.807, 2.05) is 0 Å². The maximum atomic E-state index is 9.56. The van der Waals surface area contributed by atoms with E-state index >= 15 is 0 Å². The van der Waals surface area contributed by atoms with Crippen molar-refractivity contribution in [3.8, 4) is 0 Å². The second-order valence-electron chi connectivity index (χ2n) is 3.27. The highest BCUT2D eigenvalue weighted by Gasteiger charge is 2.24. The molecule has 1 fully saturated rings. The monoisotopic (exact) mass is 221 g/mol. The zero-order chi connectivity index (χ0) is 8.27. The Labute approximate surface area is 76.7 Å². The maximum absolute atomic E-state index is 9.56. The van der Waals surface area contributed by atoms with E-state index in [4.69, 9.17) is 0 Å². The molecule has 11 heavy (non-hydrogen) atoms. The molecule has 1 saturated heterocycles. The minimum Gasteiger partial charge on any atom is -0.391 e. The summed E-state index contributed by atoms with van der Waals surface area (Å²) in [6, 6.07) is 0.378. The number of likely N-dealkylation sites (tertiary alicyclic amines) is 1. The van der Waals surface area contributed by atoms with E-state index in [9.17, 15) is 5.11 Å². The van der Waals surface area contributed by atoms with Gasteiger partial charge in [0.05, 0.1) is 6.10 Å². The van der Waals surface area contributed by atoms with E-state index in [0.717, 1.165) is 13.0 Å². The first-order valence-corrected chi connectivity index (χ1v) is 5.32. The van der Waals surface area contributed by atoms with Crippen LogP contribution in [0.5, 0.6) is 0 Å². The van der Waals surface area contributed by atoms with Gasteiger partial charge in [-0.2, -0.15) is 0 Å². The number of rotatable bonds is 2. The van der Waals surface area contributed by atoms with Gasteiger partial charge in [-0.15, -0.1) is 0 Å². The molecule has 1 N–H and O–H groups in total. The van der Waals surface area contributed by atoms with Gasteiger partial charge in [0, 0.05) is 11.4 Å². The SMILES string of the molecule is CN1CCCCC1C(O)CBr. The van der Waals surface area contributed by atoms with E-state index in [1.54, 1.807) is 0 Å². The van der Waals surface area contributed by atoms with Crippen molar-refractivity contribution < 1.29 is 5.11 Å². The van der Waals surface area contributed by atoms with Crippen LogP contribution >= 0.6 is 15.9 Å². The summed E-state index contributed by atoms with van der Waals surface area (Å²) in [5, 5.41) is 10.3. The van der Waals surface area contributed by atoms with Crippen LogP contribution in [0.3, 0.4) is 0 Å². The van der Waals surface area contributed by atoms with Gasteiger partial charge >= 0.3 is 0 Å². The van der Waals surface area contributed by atoms with Gasteiger partial charge < -0.3 is 10.0 Å². The first-order chi connectivity index (χ1) is 5.25. The second-order valence-corrected chi connectivity index (χ2v) is 3.91. The highest BCUT2D eigenvalue weighted by molar-refractivity contribution is 9.09. The Hall–Kier alpha value is 0.400. The van der Waals surface area contributed by atoms with Crippen LogP contribution in [-0.2, 0) is 0 Å². The van der Waals surface area contributed by atoms with Gasteiger partial charge in [-0.3, -0.25) is 0 Å². The Bertz CT molecular complexity index is 117. The molecule has 1 aliphatic rings. The Kier molecular flexibility index (Phi) is 3.82. The van der Waals surface area contributed by atoms with Crippen molar-refractivity contribution in [2.75, 3.05) is 18.9 Å². The van der Waals surface area contributed by atoms with Gasteiger partial charge in [-0.05, 0) is 26.4 Å². The molecule has 1 aliphatic heterocycles. The molecule has 1 heterocycles. The average Bonchev–Trinajstić information content (AvgIpc) is 2.04. The van der Waals surface area contributed by atoms with Gasteiger partial charge in [0.2, 0.25) is 0 Å². The molecule has 2 nitrogen and oxygen atoms in total.